The van der Waals surface area contributed by atoms with Crippen LogP contribution < -0.4 is 11.1 Å². The zero-order valence-electron chi connectivity index (χ0n) is 18.1. The number of anilines is 1. The molecule has 9 heteroatoms. The molecule has 2 amide bonds. The van der Waals surface area contributed by atoms with Gasteiger partial charge in [-0.25, -0.2) is 8.42 Å². The van der Waals surface area contributed by atoms with Gasteiger partial charge >= 0.3 is 0 Å². The predicted octanol–water partition coefficient (Wildman–Crippen LogP) is 3.11. The minimum atomic E-state index is -3.26. The van der Waals surface area contributed by atoms with Gasteiger partial charge in [0.25, 0.3) is 5.91 Å². The fraction of sp³-hybridized carbons (Fsp3) is 0.167. The lowest BCUT2D eigenvalue weighted by Gasteiger charge is -2.23. The van der Waals surface area contributed by atoms with Crippen LogP contribution in [0.4, 0.5) is 5.69 Å². The van der Waals surface area contributed by atoms with Crippen LogP contribution in [0.5, 0.6) is 0 Å². The fourth-order valence-electron chi connectivity index (χ4n) is 4.04. The maximum atomic E-state index is 12.1. The highest BCUT2D eigenvalue weighted by Crippen LogP contribution is 2.37. The van der Waals surface area contributed by atoms with Gasteiger partial charge in [0.2, 0.25) is 15.9 Å². The summed E-state index contributed by atoms with van der Waals surface area (Å²) in [4.78, 5) is 27.3. The number of aromatic amines is 1. The van der Waals surface area contributed by atoms with Gasteiger partial charge in [0, 0.05) is 35.4 Å². The van der Waals surface area contributed by atoms with Gasteiger partial charge in [-0.05, 0) is 41.8 Å². The highest BCUT2D eigenvalue weighted by atomic mass is 32.2. The molecular weight excluding hydrogens is 440 g/mol. The zero-order valence-corrected chi connectivity index (χ0v) is 18.9. The van der Waals surface area contributed by atoms with Crippen molar-refractivity contribution in [3.63, 3.8) is 0 Å². The molecule has 4 rings (SSSR count). The Kier molecular flexibility index (Phi) is 5.92. The van der Waals surface area contributed by atoms with Crippen LogP contribution in [0.1, 0.15) is 22.5 Å². The van der Waals surface area contributed by atoms with Crippen molar-refractivity contribution in [2.45, 2.75) is 6.42 Å². The molecule has 0 saturated heterocycles. The summed E-state index contributed by atoms with van der Waals surface area (Å²) in [6.45, 7) is 4.17. The summed E-state index contributed by atoms with van der Waals surface area (Å²) in [7, 11) is -3.26. The maximum absolute atomic E-state index is 12.1. The van der Waals surface area contributed by atoms with Gasteiger partial charge in [-0.3, -0.25) is 9.59 Å². The average Bonchev–Trinajstić information content (AvgIpc) is 3.23. The number of sulfonamides is 1. The van der Waals surface area contributed by atoms with E-state index in [0.717, 1.165) is 27.8 Å². The Bertz CT molecular complexity index is 1420. The van der Waals surface area contributed by atoms with Gasteiger partial charge in [0.05, 0.1) is 17.3 Å². The molecule has 0 fully saturated rings. The van der Waals surface area contributed by atoms with Crippen molar-refractivity contribution in [1.82, 2.24) is 9.29 Å². The predicted molar refractivity (Wildman–Crippen MR) is 130 cm³/mol. The molecule has 8 nitrogen and oxygen atoms in total. The molecule has 2 heterocycles. The summed E-state index contributed by atoms with van der Waals surface area (Å²) in [5.41, 5.74) is 10.5. The molecular formula is C24H24N4O4S. The maximum Gasteiger partial charge on any atom is 0.250 e. The third kappa shape index (κ3) is 4.46. The standard InChI is InChI=1S/C24H24N4O4S/c1-3-22(29)26-20-7-5-4-6-17(20)16-8-9-18(24(25)30)23-19(16)14-21(27-23)15-10-12-28(13-11-15)33(2,31)32/h3-10,14,27H,1,11-13H2,2H3,(H2,25,30)(H,26,29). The van der Waals surface area contributed by atoms with Crippen LogP contribution in [0.2, 0.25) is 0 Å². The summed E-state index contributed by atoms with van der Waals surface area (Å²) in [5.74, 6) is -0.890. The summed E-state index contributed by atoms with van der Waals surface area (Å²) in [5, 5.41) is 3.59. The normalized spacial score (nSPS) is 14.6. The van der Waals surface area contributed by atoms with Crippen LogP contribution >= 0.6 is 0 Å². The largest absolute Gasteiger partial charge is 0.366 e. The topological polar surface area (TPSA) is 125 Å². The van der Waals surface area contributed by atoms with Gasteiger partial charge in [0.1, 0.15) is 0 Å². The molecule has 4 N–H and O–H groups in total. The fourth-order valence-corrected chi connectivity index (χ4v) is 4.81. The molecule has 1 aliphatic heterocycles. The van der Waals surface area contributed by atoms with Gasteiger partial charge in [-0.2, -0.15) is 4.31 Å². The third-order valence-electron chi connectivity index (χ3n) is 5.71. The van der Waals surface area contributed by atoms with Crippen LogP contribution in [0, 0.1) is 0 Å². The first-order valence-electron chi connectivity index (χ1n) is 10.3. The molecule has 0 atom stereocenters. The number of fused-ring (bicyclic) bond motifs is 1. The summed E-state index contributed by atoms with van der Waals surface area (Å²) in [6.07, 6.45) is 4.80. The van der Waals surface area contributed by atoms with Crippen molar-refractivity contribution in [3.05, 3.63) is 72.5 Å². The molecule has 0 spiro atoms. The second-order valence-electron chi connectivity index (χ2n) is 7.84. The number of carbonyl (C=O) groups excluding carboxylic acids is 2. The first-order chi connectivity index (χ1) is 15.7. The lowest BCUT2D eigenvalue weighted by atomic mass is 9.97. The van der Waals surface area contributed by atoms with E-state index in [4.69, 9.17) is 5.73 Å². The molecule has 33 heavy (non-hydrogen) atoms. The number of hydrogen-bond donors (Lipinski definition) is 3. The Hall–Kier alpha value is -3.69. The van der Waals surface area contributed by atoms with E-state index in [9.17, 15) is 18.0 Å². The first-order valence-corrected chi connectivity index (χ1v) is 12.2. The number of rotatable bonds is 6. The summed E-state index contributed by atoms with van der Waals surface area (Å²) < 4.78 is 25.1. The second kappa shape index (κ2) is 8.68. The number of primary amides is 1. The average molecular weight is 465 g/mol. The SMILES string of the molecule is C=CC(=O)Nc1ccccc1-c1ccc(C(N)=O)c2[nH]c(C3=CCN(S(C)(=O)=O)CC3)cc12. The van der Waals surface area contributed by atoms with Crippen LogP contribution in [0.3, 0.4) is 0 Å². The molecule has 3 aromatic rings. The number of nitrogens with two attached hydrogens (primary N) is 1. The minimum Gasteiger partial charge on any atom is -0.366 e. The molecule has 0 unspecified atom stereocenters. The third-order valence-corrected chi connectivity index (χ3v) is 6.98. The molecule has 0 bridgehead atoms. The molecule has 0 saturated carbocycles. The van der Waals surface area contributed by atoms with Crippen molar-refractivity contribution in [2.24, 2.45) is 5.73 Å². The van der Waals surface area contributed by atoms with Crippen LogP contribution in [-0.4, -0.2) is 48.9 Å². The number of carbonyl (C=O) groups is 2. The van der Waals surface area contributed by atoms with Crippen molar-refractivity contribution < 1.29 is 18.0 Å². The zero-order chi connectivity index (χ0) is 23.8. The summed E-state index contributed by atoms with van der Waals surface area (Å²) in [6, 6.07) is 12.8. The Morgan fingerprint density at radius 3 is 2.58 bits per heavy atom. The number of aromatic nitrogens is 1. The Labute approximate surface area is 191 Å². The summed E-state index contributed by atoms with van der Waals surface area (Å²) >= 11 is 0. The van der Waals surface area contributed by atoms with Gasteiger partial charge in [0.15, 0.2) is 0 Å². The van der Waals surface area contributed by atoms with Crippen LogP contribution in [-0.2, 0) is 14.8 Å². The number of H-pyrrole nitrogens is 1. The number of nitrogens with one attached hydrogen (secondary N) is 2. The van der Waals surface area contributed by atoms with E-state index < -0.39 is 15.9 Å². The number of hydrogen-bond acceptors (Lipinski definition) is 4. The van der Waals surface area contributed by atoms with E-state index in [2.05, 4.69) is 16.9 Å². The Morgan fingerprint density at radius 2 is 1.94 bits per heavy atom. The lowest BCUT2D eigenvalue weighted by Crippen LogP contribution is -2.33. The van der Waals surface area contributed by atoms with Gasteiger partial charge in [-0.1, -0.05) is 36.9 Å². The second-order valence-corrected chi connectivity index (χ2v) is 9.82. The lowest BCUT2D eigenvalue weighted by molar-refractivity contribution is -0.111. The number of benzene rings is 2. The van der Waals surface area contributed by atoms with E-state index in [-0.39, 0.29) is 12.5 Å². The smallest absolute Gasteiger partial charge is 0.250 e. The highest BCUT2D eigenvalue weighted by Gasteiger charge is 2.22. The number of nitrogens with zero attached hydrogens (tertiary/aromatic N) is 1. The van der Waals surface area contributed by atoms with Gasteiger partial charge < -0.3 is 16.0 Å². The molecule has 2 aromatic carbocycles. The van der Waals surface area contributed by atoms with Crippen molar-refractivity contribution in [1.29, 1.82) is 0 Å². The van der Waals surface area contributed by atoms with Gasteiger partial charge in [-0.15, -0.1) is 0 Å². The van der Waals surface area contributed by atoms with E-state index in [0.29, 0.717) is 29.7 Å². The Balaban J connectivity index is 1.85. The van der Waals surface area contributed by atoms with Crippen LogP contribution in [0.15, 0.2) is 61.2 Å². The van der Waals surface area contributed by atoms with E-state index in [1.165, 1.54) is 16.6 Å². The monoisotopic (exact) mass is 464 g/mol. The quantitative estimate of drug-likeness (QED) is 0.485. The Morgan fingerprint density at radius 1 is 1.18 bits per heavy atom. The molecule has 0 aliphatic carbocycles. The van der Waals surface area contributed by atoms with Crippen molar-refractivity contribution >= 4 is 44.0 Å². The first kappa shape index (κ1) is 22.5. The molecule has 1 aromatic heterocycles. The number of para-hydroxylation sites is 1. The van der Waals surface area contributed by atoms with E-state index >= 15 is 0 Å². The van der Waals surface area contributed by atoms with Crippen molar-refractivity contribution in [3.8, 4) is 11.1 Å². The van der Waals surface area contributed by atoms with E-state index in [1.54, 1.807) is 18.2 Å². The molecule has 0 radical (unpaired) electrons. The minimum absolute atomic E-state index is 0.287. The number of amides is 2. The molecule has 1 aliphatic rings. The highest BCUT2D eigenvalue weighted by molar-refractivity contribution is 7.88. The van der Waals surface area contributed by atoms with Crippen LogP contribution in [0.25, 0.3) is 27.6 Å². The molecule has 170 valence electrons. The van der Waals surface area contributed by atoms with Crippen molar-refractivity contribution in [2.75, 3.05) is 24.7 Å². The van der Waals surface area contributed by atoms with E-state index in [1.807, 2.05) is 30.3 Å².